The summed E-state index contributed by atoms with van der Waals surface area (Å²) in [5.41, 5.74) is 1.06. The minimum atomic E-state index is -1.53. The summed E-state index contributed by atoms with van der Waals surface area (Å²) < 4.78 is 5.42. The molecule has 0 spiro atoms. The van der Waals surface area contributed by atoms with Crippen molar-refractivity contribution in [2.75, 3.05) is 0 Å². The molecule has 1 atom stereocenters. The summed E-state index contributed by atoms with van der Waals surface area (Å²) in [5.74, 6) is 0.170. The average Bonchev–Trinajstić information content (AvgIpc) is 2.47. The Morgan fingerprint density at radius 1 is 1.54 bits per heavy atom. The lowest BCUT2D eigenvalue weighted by Gasteiger charge is -2.13. The van der Waals surface area contributed by atoms with E-state index in [4.69, 9.17) is 9.79 Å². The van der Waals surface area contributed by atoms with Crippen molar-refractivity contribution in [1.29, 1.82) is 5.26 Å². The lowest BCUT2D eigenvalue weighted by atomic mass is 10.1. The zero-order chi connectivity index (χ0) is 9.90. The smallest absolute Gasteiger partial charge is 0.278 e. The second kappa shape index (κ2) is 3.92. The van der Waals surface area contributed by atoms with Crippen molar-refractivity contribution in [3.8, 4) is 6.07 Å². The summed E-state index contributed by atoms with van der Waals surface area (Å²) >= 11 is 0. The lowest BCUT2D eigenvalue weighted by Crippen LogP contribution is -2.22. The molecule has 13 heavy (non-hydrogen) atoms. The summed E-state index contributed by atoms with van der Waals surface area (Å²) in [6, 6.07) is 2.27. The van der Waals surface area contributed by atoms with Crippen LogP contribution in [0.15, 0.2) is 5.16 Å². The number of nitriles is 1. The molecule has 72 valence electrons. The van der Waals surface area contributed by atoms with E-state index in [-0.39, 0.29) is 5.92 Å². The normalized spacial score (nSPS) is 26.0. The van der Waals surface area contributed by atoms with Gasteiger partial charge in [-0.05, 0) is 32.5 Å². The Balaban J connectivity index is 2.43. The molecule has 0 heterocycles. The van der Waals surface area contributed by atoms with Crippen LogP contribution < -0.4 is 0 Å². The number of nitrogens with zero attached hydrogens (tertiary/aromatic N) is 2. The number of oxime groups is 1. The van der Waals surface area contributed by atoms with Gasteiger partial charge in [0.05, 0.1) is 17.7 Å². The monoisotopic (exact) mass is 196 g/mol. The molecule has 0 aromatic carbocycles. The van der Waals surface area contributed by atoms with E-state index in [0.717, 1.165) is 25.0 Å². The van der Waals surface area contributed by atoms with Crippen LogP contribution in [0.25, 0.3) is 0 Å². The molecule has 0 aromatic rings. The molecule has 0 radical (unpaired) electrons. The first-order valence-corrected chi connectivity index (χ1v) is 8.05. The predicted octanol–water partition coefficient (Wildman–Crippen LogP) is 2.52. The van der Waals surface area contributed by atoms with Gasteiger partial charge in [0, 0.05) is 6.42 Å². The highest BCUT2D eigenvalue weighted by Gasteiger charge is 2.22. The Morgan fingerprint density at radius 2 is 2.23 bits per heavy atom. The van der Waals surface area contributed by atoms with Crippen molar-refractivity contribution >= 4 is 14.0 Å². The second-order valence-corrected chi connectivity index (χ2v) is 8.84. The van der Waals surface area contributed by atoms with E-state index in [2.05, 4.69) is 30.9 Å². The Labute approximate surface area is 80.5 Å². The van der Waals surface area contributed by atoms with Crippen LogP contribution >= 0.6 is 0 Å². The third kappa shape index (κ3) is 3.60. The van der Waals surface area contributed by atoms with Gasteiger partial charge in [0.2, 0.25) is 0 Å². The van der Waals surface area contributed by atoms with Crippen LogP contribution in [0.2, 0.25) is 19.6 Å². The van der Waals surface area contributed by atoms with Crippen LogP contribution in [-0.4, -0.2) is 14.0 Å². The molecule has 1 aliphatic rings. The molecule has 0 bridgehead atoms. The fourth-order valence-electron chi connectivity index (χ4n) is 1.22. The molecule has 1 fully saturated rings. The molecule has 0 aliphatic heterocycles. The molecular formula is C9H16N2OSi. The number of hydrogen-bond acceptors (Lipinski definition) is 3. The highest BCUT2D eigenvalue weighted by Crippen LogP contribution is 2.22. The Hall–Kier alpha value is -0.823. The number of rotatable bonds is 2. The molecule has 1 aliphatic carbocycles. The van der Waals surface area contributed by atoms with Gasteiger partial charge in [-0.15, -0.1) is 5.16 Å². The fourth-order valence-corrected chi connectivity index (χ4v) is 1.63. The molecule has 1 rings (SSSR count). The van der Waals surface area contributed by atoms with Gasteiger partial charge in [0.15, 0.2) is 0 Å². The summed E-state index contributed by atoms with van der Waals surface area (Å²) in [6.45, 7) is 6.31. The fraction of sp³-hybridized carbons (Fsp3) is 0.778. The van der Waals surface area contributed by atoms with Crippen LogP contribution in [0, 0.1) is 17.2 Å². The van der Waals surface area contributed by atoms with Crippen LogP contribution in [0.3, 0.4) is 0 Å². The molecule has 3 nitrogen and oxygen atoms in total. The van der Waals surface area contributed by atoms with Crippen LogP contribution in [0.4, 0.5) is 0 Å². The van der Waals surface area contributed by atoms with E-state index in [1.165, 1.54) is 0 Å². The predicted molar refractivity (Wildman–Crippen MR) is 54.8 cm³/mol. The topological polar surface area (TPSA) is 45.4 Å². The van der Waals surface area contributed by atoms with E-state index in [9.17, 15) is 0 Å². The van der Waals surface area contributed by atoms with Gasteiger partial charge in [0.1, 0.15) is 0 Å². The molecule has 0 saturated heterocycles. The first-order chi connectivity index (χ1) is 6.01. The maximum Gasteiger partial charge on any atom is 0.278 e. The van der Waals surface area contributed by atoms with Gasteiger partial charge < -0.3 is 4.53 Å². The van der Waals surface area contributed by atoms with Crippen LogP contribution in [0.1, 0.15) is 19.3 Å². The quantitative estimate of drug-likeness (QED) is 0.503. The Bertz CT molecular complexity index is 249. The van der Waals surface area contributed by atoms with E-state index in [0.29, 0.717) is 0 Å². The van der Waals surface area contributed by atoms with Crippen molar-refractivity contribution in [2.24, 2.45) is 11.1 Å². The summed E-state index contributed by atoms with van der Waals surface area (Å²) in [7, 11) is -1.53. The van der Waals surface area contributed by atoms with Gasteiger partial charge in [-0.25, -0.2) is 0 Å². The molecular weight excluding hydrogens is 180 g/mol. The molecule has 0 amide bonds. The van der Waals surface area contributed by atoms with Gasteiger partial charge in [0.25, 0.3) is 8.32 Å². The zero-order valence-corrected chi connectivity index (χ0v) is 9.50. The first kappa shape index (κ1) is 10.3. The summed E-state index contributed by atoms with van der Waals surface area (Å²) in [6.07, 6.45) is 2.69. The summed E-state index contributed by atoms with van der Waals surface area (Å²) in [5, 5.41) is 12.8. The van der Waals surface area contributed by atoms with Crippen LogP contribution in [0.5, 0.6) is 0 Å². The Kier molecular flexibility index (Phi) is 3.10. The third-order valence-corrected chi connectivity index (χ3v) is 2.53. The van der Waals surface area contributed by atoms with E-state index >= 15 is 0 Å². The maximum absolute atomic E-state index is 8.67. The molecule has 0 aromatic heterocycles. The van der Waals surface area contributed by atoms with E-state index < -0.39 is 8.32 Å². The molecule has 0 N–H and O–H groups in total. The highest BCUT2D eigenvalue weighted by atomic mass is 28.4. The van der Waals surface area contributed by atoms with E-state index in [1.807, 2.05) is 0 Å². The maximum atomic E-state index is 8.67. The standard InChI is InChI=1S/C9H16N2OSi/c1-13(2,3)12-11-9-5-4-8(6-9)7-10/h8H,4-6H2,1-3H3. The molecule has 1 saturated carbocycles. The van der Waals surface area contributed by atoms with Gasteiger partial charge in [-0.2, -0.15) is 5.26 Å². The Morgan fingerprint density at radius 3 is 2.69 bits per heavy atom. The highest BCUT2D eigenvalue weighted by molar-refractivity contribution is 6.69. The second-order valence-electron chi connectivity index (χ2n) is 4.43. The molecule has 4 heteroatoms. The minimum absolute atomic E-state index is 0.170. The van der Waals surface area contributed by atoms with Crippen molar-refractivity contribution < 1.29 is 4.53 Å². The largest absolute Gasteiger partial charge is 0.456 e. The van der Waals surface area contributed by atoms with Gasteiger partial charge in [-0.1, -0.05) is 0 Å². The van der Waals surface area contributed by atoms with Crippen molar-refractivity contribution in [3.63, 3.8) is 0 Å². The SMILES string of the molecule is C[Si](C)(C)ON=C1CCC(C#N)C1. The first-order valence-electron chi connectivity index (χ1n) is 4.65. The average molecular weight is 196 g/mol. The zero-order valence-electron chi connectivity index (χ0n) is 8.50. The van der Waals surface area contributed by atoms with Gasteiger partial charge >= 0.3 is 0 Å². The molecule has 1 unspecified atom stereocenters. The van der Waals surface area contributed by atoms with Crippen molar-refractivity contribution in [1.82, 2.24) is 0 Å². The lowest BCUT2D eigenvalue weighted by molar-refractivity contribution is 0.333. The third-order valence-electron chi connectivity index (χ3n) is 1.89. The van der Waals surface area contributed by atoms with Crippen molar-refractivity contribution in [3.05, 3.63) is 0 Å². The van der Waals surface area contributed by atoms with Crippen molar-refractivity contribution in [2.45, 2.75) is 38.9 Å². The minimum Gasteiger partial charge on any atom is -0.456 e. The van der Waals surface area contributed by atoms with Crippen LogP contribution in [-0.2, 0) is 4.53 Å². The van der Waals surface area contributed by atoms with Gasteiger partial charge in [-0.3, -0.25) is 0 Å². The van der Waals surface area contributed by atoms with E-state index in [1.54, 1.807) is 0 Å². The number of hydrogen-bond donors (Lipinski definition) is 0. The summed E-state index contributed by atoms with van der Waals surface area (Å²) in [4.78, 5) is 0.